The van der Waals surface area contributed by atoms with Gasteiger partial charge in [0.15, 0.2) is 5.43 Å². The number of amides is 1. The van der Waals surface area contributed by atoms with Crippen molar-refractivity contribution in [3.63, 3.8) is 0 Å². The number of para-hydroxylation sites is 3. The molecule has 0 bridgehead atoms. The van der Waals surface area contributed by atoms with Crippen LogP contribution < -0.4 is 10.3 Å². The molecule has 2 heterocycles. The maximum Gasteiger partial charge on any atom is 0.242 e. The van der Waals surface area contributed by atoms with Crippen LogP contribution in [-0.2, 0) is 17.9 Å². The number of fused-ring (bicyclic) bond motifs is 2. The van der Waals surface area contributed by atoms with E-state index in [1.165, 1.54) is 24.1 Å². The van der Waals surface area contributed by atoms with Gasteiger partial charge in [0, 0.05) is 43.1 Å². The predicted molar refractivity (Wildman–Crippen MR) is 130 cm³/mol. The molecule has 1 saturated heterocycles. The van der Waals surface area contributed by atoms with Crippen molar-refractivity contribution in [1.29, 1.82) is 0 Å². The Bertz CT molecular complexity index is 1290. The molecule has 0 radical (unpaired) electrons. The summed E-state index contributed by atoms with van der Waals surface area (Å²) in [6, 6.07) is 23.4. The predicted octanol–water partition coefficient (Wildman–Crippen LogP) is 4.41. The number of anilines is 1. The van der Waals surface area contributed by atoms with Gasteiger partial charge in [-0.3, -0.25) is 9.59 Å². The Kier molecular flexibility index (Phi) is 5.39. The number of benzene rings is 3. The first-order valence-corrected chi connectivity index (χ1v) is 11.2. The topological polar surface area (TPSA) is 45.5 Å². The van der Waals surface area contributed by atoms with Gasteiger partial charge in [0.05, 0.1) is 11.0 Å². The van der Waals surface area contributed by atoms with E-state index in [4.69, 9.17) is 0 Å². The van der Waals surface area contributed by atoms with Crippen LogP contribution in [0.4, 0.5) is 5.69 Å². The highest BCUT2D eigenvalue weighted by Gasteiger charge is 2.19. The molecule has 162 valence electrons. The lowest BCUT2D eigenvalue weighted by Gasteiger charge is -2.25. The number of pyridine rings is 1. The van der Waals surface area contributed by atoms with Crippen molar-refractivity contribution in [1.82, 2.24) is 9.47 Å². The number of rotatable bonds is 5. The molecule has 1 aromatic heterocycles. The molecule has 3 aromatic carbocycles. The summed E-state index contributed by atoms with van der Waals surface area (Å²) in [6.07, 6.45) is 2.44. The van der Waals surface area contributed by atoms with Crippen molar-refractivity contribution in [3.8, 4) is 0 Å². The van der Waals surface area contributed by atoms with E-state index in [0.717, 1.165) is 24.1 Å². The van der Waals surface area contributed by atoms with Gasteiger partial charge in [0.25, 0.3) is 0 Å². The highest BCUT2D eigenvalue weighted by atomic mass is 16.2. The summed E-state index contributed by atoms with van der Waals surface area (Å²) in [5.41, 5.74) is 3.97. The third kappa shape index (κ3) is 3.64. The van der Waals surface area contributed by atoms with E-state index in [9.17, 15) is 9.59 Å². The van der Waals surface area contributed by atoms with Crippen molar-refractivity contribution in [2.45, 2.75) is 25.9 Å². The third-order valence-corrected chi connectivity index (χ3v) is 6.44. The lowest BCUT2D eigenvalue weighted by molar-refractivity contribution is -0.130. The SMILES string of the molecule is CN(Cc1ccccc1N1CCCC1)C(=O)Cn1c2ccccc2c(=O)c2ccccc21. The van der Waals surface area contributed by atoms with Crippen LogP contribution in [0.1, 0.15) is 18.4 Å². The zero-order valence-electron chi connectivity index (χ0n) is 18.3. The van der Waals surface area contributed by atoms with Gasteiger partial charge in [-0.15, -0.1) is 0 Å². The summed E-state index contributed by atoms with van der Waals surface area (Å²) in [5.74, 6) is 0.0141. The molecule has 1 aliphatic rings. The molecular weight excluding hydrogens is 398 g/mol. The molecule has 4 aromatic rings. The fourth-order valence-electron chi connectivity index (χ4n) is 4.76. The number of hydrogen-bond donors (Lipinski definition) is 0. The lowest BCUT2D eigenvalue weighted by Crippen LogP contribution is -2.31. The van der Waals surface area contributed by atoms with Crippen LogP contribution in [0.15, 0.2) is 77.6 Å². The van der Waals surface area contributed by atoms with Crippen LogP contribution in [0.3, 0.4) is 0 Å². The molecule has 5 rings (SSSR count). The van der Waals surface area contributed by atoms with Gasteiger partial charge in [0.1, 0.15) is 6.54 Å². The minimum atomic E-state index is 0.00722. The molecule has 1 aliphatic heterocycles. The molecule has 0 atom stereocenters. The minimum absolute atomic E-state index is 0.00722. The first-order chi connectivity index (χ1) is 15.6. The Labute approximate surface area is 187 Å². The van der Waals surface area contributed by atoms with Gasteiger partial charge in [-0.25, -0.2) is 0 Å². The van der Waals surface area contributed by atoms with E-state index < -0.39 is 0 Å². The lowest BCUT2D eigenvalue weighted by atomic mass is 10.1. The summed E-state index contributed by atoms with van der Waals surface area (Å²) in [6.45, 7) is 2.89. The zero-order valence-corrected chi connectivity index (χ0v) is 18.3. The minimum Gasteiger partial charge on any atom is -0.371 e. The molecule has 5 heteroatoms. The maximum atomic E-state index is 13.3. The van der Waals surface area contributed by atoms with Crippen molar-refractivity contribution >= 4 is 33.4 Å². The average Bonchev–Trinajstić information content (AvgIpc) is 3.37. The number of likely N-dealkylation sites (N-methyl/N-ethyl adjacent to an activating group) is 1. The van der Waals surface area contributed by atoms with Gasteiger partial charge in [-0.1, -0.05) is 42.5 Å². The van der Waals surface area contributed by atoms with E-state index in [1.54, 1.807) is 4.90 Å². The summed E-state index contributed by atoms with van der Waals surface area (Å²) >= 11 is 0. The Morgan fingerprint density at radius 3 is 2.06 bits per heavy atom. The number of nitrogens with zero attached hydrogens (tertiary/aromatic N) is 3. The van der Waals surface area contributed by atoms with Crippen molar-refractivity contribution in [3.05, 3.63) is 88.6 Å². The number of carbonyl (C=O) groups excluding carboxylic acids is 1. The van der Waals surface area contributed by atoms with Gasteiger partial charge in [-0.2, -0.15) is 0 Å². The van der Waals surface area contributed by atoms with Gasteiger partial charge < -0.3 is 14.4 Å². The summed E-state index contributed by atoms with van der Waals surface area (Å²) in [7, 11) is 1.86. The third-order valence-electron chi connectivity index (χ3n) is 6.44. The maximum absolute atomic E-state index is 13.3. The van der Waals surface area contributed by atoms with E-state index in [0.29, 0.717) is 17.3 Å². The molecule has 0 spiro atoms. The van der Waals surface area contributed by atoms with Gasteiger partial charge in [0.2, 0.25) is 5.91 Å². The Hall–Kier alpha value is -3.60. The second-order valence-corrected chi connectivity index (χ2v) is 8.52. The van der Waals surface area contributed by atoms with E-state index in [1.807, 2.05) is 66.2 Å². The zero-order chi connectivity index (χ0) is 22.1. The number of hydrogen-bond acceptors (Lipinski definition) is 3. The van der Waals surface area contributed by atoms with Crippen LogP contribution >= 0.6 is 0 Å². The van der Waals surface area contributed by atoms with Crippen LogP contribution in [0.2, 0.25) is 0 Å². The van der Waals surface area contributed by atoms with Crippen LogP contribution in [0, 0.1) is 0 Å². The molecule has 32 heavy (non-hydrogen) atoms. The molecule has 0 saturated carbocycles. The Balaban J connectivity index is 1.47. The number of aromatic nitrogens is 1. The van der Waals surface area contributed by atoms with Crippen LogP contribution in [-0.4, -0.2) is 35.5 Å². The summed E-state index contributed by atoms with van der Waals surface area (Å²) in [5, 5.41) is 1.28. The first kappa shape index (κ1) is 20.3. The van der Waals surface area contributed by atoms with Gasteiger partial charge in [-0.05, 0) is 48.7 Å². The van der Waals surface area contributed by atoms with Gasteiger partial charge >= 0.3 is 0 Å². The Morgan fingerprint density at radius 1 is 0.844 bits per heavy atom. The van der Waals surface area contributed by atoms with E-state index >= 15 is 0 Å². The normalized spacial score (nSPS) is 13.7. The highest BCUT2D eigenvalue weighted by Crippen LogP contribution is 2.26. The fraction of sp³-hybridized carbons (Fsp3) is 0.259. The van der Waals surface area contributed by atoms with E-state index in [2.05, 4.69) is 23.1 Å². The Morgan fingerprint density at radius 2 is 1.41 bits per heavy atom. The quantitative estimate of drug-likeness (QED) is 0.445. The molecule has 0 N–H and O–H groups in total. The molecule has 1 amide bonds. The second-order valence-electron chi connectivity index (χ2n) is 8.52. The van der Waals surface area contributed by atoms with Crippen molar-refractivity contribution in [2.75, 3.05) is 25.0 Å². The van der Waals surface area contributed by atoms with Crippen LogP contribution in [0.25, 0.3) is 21.8 Å². The summed E-state index contributed by atoms with van der Waals surface area (Å²) < 4.78 is 1.97. The first-order valence-electron chi connectivity index (χ1n) is 11.2. The molecule has 1 fully saturated rings. The van der Waals surface area contributed by atoms with E-state index in [-0.39, 0.29) is 17.9 Å². The van der Waals surface area contributed by atoms with Crippen molar-refractivity contribution < 1.29 is 4.79 Å². The summed E-state index contributed by atoms with van der Waals surface area (Å²) in [4.78, 5) is 30.5. The largest absolute Gasteiger partial charge is 0.371 e. The average molecular weight is 426 g/mol. The molecule has 0 unspecified atom stereocenters. The fourth-order valence-corrected chi connectivity index (χ4v) is 4.76. The molecule has 0 aliphatic carbocycles. The second kappa shape index (κ2) is 8.50. The standard InChI is InChI=1S/C27H27N3O2/c1-28(18-20-10-2-5-13-23(20)29-16-8-9-17-29)26(31)19-30-24-14-6-3-11-21(24)27(32)22-12-4-7-15-25(22)30/h2-7,10-15H,8-9,16-19H2,1H3. The van der Waals surface area contributed by atoms with Crippen molar-refractivity contribution in [2.24, 2.45) is 0 Å². The molecular formula is C27H27N3O2. The van der Waals surface area contributed by atoms with Crippen LogP contribution in [0.5, 0.6) is 0 Å². The molecule has 5 nitrogen and oxygen atoms in total. The number of carbonyl (C=O) groups is 1. The highest BCUT2D eigenvalue weighted by molar-refractivity contribution is 5.94. The smallest absolute Gasteiger partial charge is 0.242 e. The monoisotopic (exact) mass is 425 g/mol.